The molecule has 2 heterocycles. The average molecular weight is 299 g/mol. The number of nitrogens with zero attached hydrogens (tertiary/aromatic N) is 3. The van der Waals surface area contributed by atoms with Gasteiger partial charge in [0.25, 0.3) is 0 Å². The molecule has 0 fully saturated rings. The van der Waals surface area contributed by atoms with Gasteiger partial charge in [-0.05, 0) is 36.8 Å². The summed E-state index contributed by atoms with van der Waals surface area (Å²) in [7, 11) is 0. The van der Waals surface area contributed by atoms with E-state index >= 15 is 0 Å². The Morgan fingerprint density at radius 1 is 0.870 bits per heavy atom. The molecule has 3 nitrogen and oxygen atoms in total. The van der Waals surface area contributed by atoms with Crippen LogP contribution in [0.15, 0.2) is 72.9 Å². The molecular weight excluding hydrogens is 282 g/mol. The fourth-order valence-electron chi connectivity index (χ4n) is 2.89. The smallest absolute Gasteiger partial charge is 0.107 e. The highest BCUT2D eigenvalue weighted by atomic mass is 15.1. The second kappa shape index (κ2) is 5.69. The van der Waals surface area contributed by atoms with Gasteiger partial charge in [0.2, 0.25) is 0 Å². The fraction of sp³-hybridized carbons (Fsp3) is 0.100. The number of hydrogen-bond acceptors (Lipinski definition) is 2. The summed E-state index contributed by atoms with van der Waals surface area (Å²) >= 11 is 0. The third-order valence-corrected chi connectivity index (χ3v) is 4.10. The number of rotatable bonds is 3. The van der Waals surface area contributed by atoms with Gasteiger partial charge in [-0.25, -0.2) is 4.98 Å². The molecule has 112 valence electrons. The summed E-state index contributed by atoms with van der Waals surface area (Å²) in [5.74, 6) is 1.04. The molecule has 0 saturated heterocycles. The van der Waals surface area contributed by atoms with Gasteiger partial charge in [-0.2, -0.15) is 0 Å². The van der Waals surface area contributed by atoms with E-state index in [4.69, 9.17) is 0 Å². The van der Waals surface area contributed by atoms with Crippen LogP contribution in [-0.4, -0.2) is 14.5 Å². The normalized spacial score (nSPS) is 11.0. The summed E-state index contributed by atoms with van der Waals surface area (Å²) in [6.45, 7) is 2.89. The van der Waals surface area contributed by atoms with Gasteiger partial charge >= 0.3 is 0 Å². The van der Waals surface area contributed by atoms with Crippen molar-refractivity contribution in [3.63, 3.8) is 0 Å². The summed E-state index contributed by atoms with van der Waals surface area (Å²) in [6, 6.07) is 22.8. The quantitative estimate of drug-likeness (QED) is 0.559. The van der Waals surface area contributed by atoms with E-state index in [2.05, 4.69) is 63.9 Å². The second-order valence-electron chi connectivity index (χ2n) is 5.65. The lowest BCUT2D eigenvalue weighted by Crippen LogP contribution is -2.01. The first-order valence-electron chi connectivity index (χ1n) is 7.73. The van der Waals surface area contributed by atoms with Crippen LogP contribution in [0.5, 0.6) is 0 Å². The maximum Gasteiger partial charge on any atom is 0.107 e. The number of para-hydroxylation sites is 2. The molecule has 2 aromatic heterocycles. The van der Waals surface area contributed by atoms with Crippen LogP contribution in [0.2, 0.25) is 0 Å². The molecule has 23 heavy (non-hydrogen) atoms. The summed E-state index contributed by atoms with van der Waals surface area (Å²) in [6.07, 6.45) is 1.82. The Hall–Kier alpha value is -2.94. The lowest BCUT2D eigenvalue weighted by Gasteiger charge is -2.08. The van der Waals surface area contributed by atoms with E-state index in [1.807, 2.05) is 30.5 Å². The van der Waals surface area contributed by atoms with Crippen LogP contribution in [0.25, 0.3) is 22.3 Å². The van der Waals surface area contributed by atoms with E-state index in [1.165, 1.54) is 11.1 Å². The van der Waals surface area contributed by atoms with Crippen LogP contribution in [0.3, 0.4) is 0 Å². The first kappa shape index (κ1) is 13.7. The lowest BCUT2D eigenvalue weighted by molar-refractivity contribution is 0.786. The van der Waals surface area contributed by atoms with Gasteiger partial charge in [0.1, 0.15) is 5.82 Å². The highest BCUT2D eigenvalue weighted by Gasteiger charge is 2.07. The zero-order valence-electron chi connectivity index (χ0n) is 13.0. The van der Waals surface area contributed by atoms with Crippen LogP contribution in [0.1, 0.15) is 11.4 Å². The predicted octanol–water partition coefficient (Wildman–Crippen LogP) is 4.46. The highest BCUT2D eigenvalue weighted by Crippen LogP contribution is 2.20. The number of pyridine rings is 1. The molecule has 0 bridgehead atoms. The molecule has 4 rings (SSSR count). The molecule has 0 saturated carbocycles. The second-order valence-corrected chi connectivity index (χ2v) is 5.65. The van der Waals surface area contributed by atoms with Crippen LogP contribution in [0.4, 0.5) is 0 Å². The largest absolute Gasteiger partial charge is 0.324 e. The third kappa shape index (κ3) is 2.61. The topological polar surface area (TPSA) is 30.7 Å². The number of fused-ring (bicyclic) bond motifs is 1. The van der Waals surface area contributed by atoms with Crippen molar-refractivity contribution in [2.75, 3.05) is 0 Å². The molecule has 4 aromatic rings. The molecule has 0 atom stereocenters. The van der Waals surface area contributed by atoms with Crippen LogP contribution < -0.4 is 0 Å². The van der Waals surface area contributed by atoms with Crippen molar-refractivity contribution in [3.05, 3.63) is 84.3 Å². The van der Waals surface area contributed by atoms with Crippen molar-refractivity contribution in [3.8, 4) is 11.3 Å². The summed E-state index contributed by atoms with van der Waals surface area (Å²) in [5.41, 5.74) is 5.63. The monoisotopic (exact) mass is 299 g/mol. The van der Waals surface area contributed by atoms with Crippen LogP contribution in [-0.2, 0) is 6.54 Å². The number of imidazole rings is 1. The minimum atomic E-state index is 0.828. The molecule has 0 spiro atoms. The molecule has 0 aliphatic heterocycles. The molecule has 0 radical (unpaired) electrons. The standard InChI is InChI=1S/C20H17N3/c1-15-22-19-7-2-3-8-20(19)23(15)14-16-9-11-17(12-10-16)18-6-4-5-13-21-18/h2-13H,14H2,1H3. The Kier molecular flexibility index (Phi) is 3.39. The Balaban J connectivity index is 1.65. The zero-order chi connectivity index (χ0) is 15.6. The molecule has 0 aliphatic carbocycles. The molecule has 0 amide bonds. The molecule has 3 heteroatoms. The highest BCUT2D eigenvalue weighted by molar-refractivity contribution is 5.76. The van der Waals surface area contributed by atoms with Crippen molar-refractivity contribution in [1.29, 1.82) is 0 Å². The summed E-state index contributed by atoms with van der Waals surface area (Å²) < 4.78 is 2.26. The summed E-state index contributed by atoms with van der Waals surface area (Å²) in [5, 5.41) is 0. The van der Waals surface area contributed by atoms with Gasteiger partial charge in [0, 0.05) is 18.3 Å². The van der Waals surface area contributed by atoms with E-state index in [1.54, 1.807) is 0 Å². The van der Waals surface area contributed by atoms with E-state index in [-0.39, 0.29) is 0 Å². The molecule has 2 aromatic carbocycles. The Labute approximate surface area is 135 Å². The maximum atomic E-state index is 4.63. The lowest BCUT2D eigenvalue weighted by atomic mass is 10.1. The molecule has 0 aliphatic rings. The zero-order valence-corrected chi connectivity index (χ0v) is 13.0. The Bertz CT molecular complexity index is 938. The number of aryl methyl sites for hydroxylation is 1. The molecule has 0 N–H and O–H groups in total. The number of aromatic nitrogens is 3. The van der Waals surface area contributed by atoms with E-state index < -0.39 is 0 Å². The van der Waals surface area contributed by atoms with Crippen LogP contribution in [0, 0.1) is 6.92 Å². The van der Waals surface area contributed by atoms with Gasteiger partial charge in [-0.15, -0.1) is 0 Å². The number of benzene rings is 2. The van der Waals surface area contributed by atoms with Gasteiger partial charge < -0.3 is 4.57 Å². The van der Waals surface area contributed by atoms with Crippen LogP contribution >= 0.6 is 0 Å². The predicted molar refractivity (Wildman–Crippen MR) is 93.2 cm³/mol. The van der Waals surface area contributed by atoms with Crippen molar-refractivity contribution >= 4 is 11.0 Å². The molecule has 0 unspecified atom stereocenters. The first-order valence-corrected chi connectivity index (χ1v) is 7.73. The third-order valence-electron chi connectivity index (χ3n) is 4.10. The fourth-order valence-corrected chi connectivity index (χ4v) is 2.89. The minimum Gasteiger partial charge on any atom is -0.324 e. The molecular formula is C20H17N3. The van der Waals surface area contributed by atoms with Gasteiger partial charge in [-0.3, -0.25) is 4.98 Å². The average Bonchev–Trinajstić information content (AvgIpc) is 2.92. The summed E-state index contributed by atoms with van der Waals surface area (Å²) in [4.78, 5) is 9.02. The minimum absolute atomic E-state index is 0.828. The number of hydrogen-bond donors (Lipinski definition) is 0. The Morgan fingerprint density at radius 2 is 1.65 bits per heavy atom. The van der Waals surface area contributed by atoms with Crippen molar-refractivity contribution in [2.24, 2.45) is 0 Å². The first-order chi connectivity index (χ1) is 11.3. The van der Waals surface area contributed by atoms with Crippen molar-refractivity contribution < 1.29 is 0 Å². The van der Waals surface area contributed by atoms with Crippen molar-refractivity contribution in [1.82, 2.24) is 14.5 Å². The maximum absolute atomic E-state index is 4.63. The SMILES string of the molecule is Cc1nc2ccccc2n1Cc1ccc(-c2ccccn2)cc1. The van der Waals surface area contributed by atoms with E-state index in [0.717, 1.165) is 29.1 Å². The van der Waals surface area contributed by atoms with Gasteiger partial charge in [0.15, 0.2) is 0 Å². The van der Waals surface area contributed by atoms with Gasteiger partial charge in [0.05, 0.1) is 16.7 Å². The van der Waals surface area contributed by atoms with Crippen molar-refractivity contribution in [2.45, 2.75) is 13.5 Å². The van der Waals surface area contributed by atoms with E-state index in [9.17, 15) is 0 Å². The Morgan fingerprint density at radius 3 is 2.43 bits per heavy atom. The van der Waals surface area contributed by atoms with E-state index in [0.29, 0.717) is 0 Å². The van der Waals surface area contributed by atoms with Gasteiger partial charge in [-0.1, -0.05) is 42.5 Å².